The first-order valence-electron chi connectivity index (χ1n) is 11.0. The van der Waals surface area contributed by atoms with Crippen LogP contribution in [0.25, 0.3) is 0 Å². The van der Waals surface area contributed by atoms with Crippen LogP contribution in [-0.4, -0.2) is 63.8 Å². The van der Waals surface area contributed by atoms with Crippen LogP contribution < -0.4 is 5.32 Å². The zero-order valence-electron chi connectivity index (χ0n) is 17.9. The molecule has 1 aliphatic heterocycles. The number of carboxylic acid groups (broad SMARTS) is 2. The fourth-order valence-corrected chi connectivity index (χ4v) is 4.28. The summed E-state index contributed by atoms with van der Waals surface area (Å²) >= 11 is 0. The van der Waals surface area contributed by atoms with Crippen molar-refractivity contribution >= 4 is 11.9 Å². The molecule has 3 atom stereocenters. The minimum Gasteiger partial charge on any atom is -0.479 e. The van der Waals surface area contributed by atoms with Gasteiger partial charge in [-0.3, -0.25) is 0 Å². The van der Waals surface area contributed by atoms with Gasteiger partial charge in [-0.05, 0) is 56.0 Å². The molecule has 1 saturated heterocycles. The van der Waals surface area contributed by atoms with Crippen LogP contribution in [0.15, 0.2) is 30.3 Å². The van der Waals surface area contributed by atoms with Gasteiger partial charge in [0, 0.05) is 12.6 Å². The van der Waals surface area contributed by atoms with Crippen LogP contribution in [0.4, 0.5) is 0 Å². The second kappa shape index (κ2) is 13.4. The van der Waals surface area contributed by atoms with E-state index >= 15 is 0 Å². The molecule has 174 valence electrons. The van der Waals surface area contributed by atoms with E-state index in [1.807, 2.05) is 0 Å². The third-order valence-corrected chi connectivity index (χ3v) is 6.15. The molecule has 2 unspecified atom stereocenters. The molecule has 1 saturated carbocycles. The standard InChI is InChI=1S/C19H29NO.C4H6O6/c1-2-5-17(6-3-1)15-21-14-12-16-8-10-18(11-9-16)19-7-4-13-20-19;5-1(3(7)8)2(6)4(9)10/h1-3,5-6,16,18-20H,4,7-15H2;1-2,5-6H,(H,7,8)(H,9,10)/t16?,18?,19-;/m1./s1. The average Bonchev–Trinajstić information content (AvgIpc) is 3.32. The highest BCUT2D eigenvalue weighted by Crippen LogP contribution is 2.34. The summed E-state index contributed by atoms with van der Waals surface area (Å²) in [4.78, 5) is 19.5. The maximum absolute atomic E-state index is 9.77. The van der Waals surface area contributed by atoms with Crippen LogP contribution in [0.5, 0.6) is 0 Å². The summed E-state index contributed by atoms with van der Waals surface area (Å²) in [5.41, 5.74) is 1.29. The number of benzene rings is 1. The maximum Gasteiger partial charge on any atom is 0.335 e. The maximum atomic E-state index is 9.77. The van der Waals surface area contributed by atoms with Crippen molar-refractivity contribution in [2.75, 3.05) is 13.2 Å². The van der Waals surface area contributed by atoms with E-state index in [0.717, 1.165) is 31.1 Å². The number of carbonyl (C=O) groups is 2. The summed E-state index contributed by atoms with van der Waals surface area (Å²) in [5, 5.41) is 36.2. The van der Waals surface area contributed by atoms with Gasteiger partial charge < -0.3 is 30.5 Å². The lowest BCUT2D eigenvalue weighted by Crippen LogP contribution is -2.39. The summed E-state index contributed by atoms with van der Waals surface area (Å²) in [6.45, 7) is 2.94. The fourth-order valence-electron chi connectivity index (χ4n) is 4.28. The van der Waals surface area contributed by atoms with E-state index in [0.29, 0.717) is 0 Å². The Labute approximate surface area is 183 Å². The molecule has 1 aromatic carbocycles. The second-order valence-corrected chi connectivity index (χ2v) is 8.38. The Balaban J connectivity index is 0.000000291. The van der Waals surface area contributed by atoms with Crippen molar-refractivity contribution in [3.05, 3.63) is 35.9 Å². The van der Waals surface area contributed by atoms with Gasteiger partial charge in [0.05, 0.1) is 6.61 Å². The molecule has 1 heterocycles. The molecule has 2 fully saturated rings. The topological polar surface area (TPSA) is 136 Å². The SMILES string of the molecule is O=C(O)C(O)C(O)C(=O)O.c1ccc(COCCC2CCC([C@H]3CCCN3)CC2)cc1. The van der Waals surface area contributed by atoms with Gasteiger partial charge in [-0.1, -0.05) is 43.2 Å². The quantitative estimate of drug-likeness (QED) is 0.370. The lowest BCUT2D eigenvalue weighted by atomic mass is 9.77. The summed E-state index contributed by atoms with van der Waals surface area (Å²) < 4.78 is 5.84. The first-order chi connectivity index (χ1) is 14.9. The number of carboxylic acids is 2. The minimum atomic E-state index is -2.27. The monoisotopic (exact) mass is 437 g/mol. The van der Waals surface area contributed by atoms with Crippen LogP contribution in [0, 0.1) is 11.8 Å². The average molecular weight is 438 g/mol. The molecule has 0 bridgehead atoms. The van der Waals surface area contributed by atoms with Crippen molar-refractivity contribution in [1.82, 2.24) is 5.32 Å². The van der Waals surface area contributed by atoms with Crippen LogP contribution in [-0.2, 0) is 20.9 Å². The van der Waals surface area contributed by atoms with Crippen molar-refractivity contribution in [2.24, 2.45) is 11.8 Å². The van der Waals surface area contributed by atoms with Gasteiger partial charge in [-0.2, -0.15) is 0 Å². The fraction of sp³-hybridized carbons (Fsp3) is 0.652. The third kappa shape index (κ3) is 8.95. The van der Waals surface area contributed by atoms with Gasteiger partial charge in [-0.15, -0.1) is 0 Å². The number of aliphatic hydroxyl groups is 2. The van der Waals surface area contributed by atoms with Gasteiger partial charge >= 0.3 is 11.9 Å². The van der Waals surface area contributed by atoms with Gasteiger partial charge in [0.2, 0.25) is 0 Å². The lowest BCUT2D eigenvalue weighted by molar-refractivity contribution is -0.165. The molecular weight excluding hydrogens is 402 g/mol. The van der Waals surface area contributed by atoms with Crippen molar-refractivity contribution in [3.8, 4) is 0 Å². The predicted molar refractivity (Wildman–Crippen MR) is 114 cm³/mol. The molecular formula is C23H35NO7. The number of ether oxygens (including phenoxy) is 1. The molecule has 2 aliphatic rings. The normalized spacial score (nSPS) is 25.2. The second-order valence-electron chi connectivity index (χ2n) is 8.38. The zero-order chi connectivity index (χ0) is 22.6. The van der Waals surface area contributed by atoms with Crippen LogP contribution in [0.3, 0.4) is 0 Å². The first-order valence-corrected chi connectivity index (χ1v) is 11.0. The van der Waals surface area contributed by atoms with Crippen molar-refractivity contribution in [1.29, 1.82) is 0 Å². The first kappa shape index (κ1) is 25.3. The van der Waals surface area contributed by atoms with Crippen molar-refractivity contribution < 1.29 is 34.8 Å². The number of rotatable bonds is 9. The Morgan fingerprint density at radius 1 is 0.968 bits per heavy atom. The molecule has 5 N–H and O–H groups in total. The number of hydrogen-bond donors (Lipinski definition) is 5. The van der Waals surface area contributed by atoms with E-state index in [4.69, 9.17) is 25.2 Å². The molecule has 1 aromatic rings. The van der Waals surface area contributed by atoms with E-state index in [1.54, 1.807) is 0 Å². The number of aliphatic carboxylic acids is 2. The number of hydrogen-bond acceptors (Lipinski definition) is 6. The Kier molecular flexibility index (Phi) is 10.9. The minimum absolute atomic E-state index is 0.766. The molecule has 0 radical (unpaired) electrons. The molecule has 0 aromatic heterocycles. The summed E-state index contributed by atoms with van der Waals surface area (Å²) in [6, 6.07) is 11.3. The Bertz CT molecular complexity index is 637. The van der Waals surface area contributed by atoms with E-state index in [-0.39, 0.29) is 0 Å². The Morgan fingerprint density at radius 3 is 2.10 bits per heavy atom. The Hall–Kier alpha value is -2.00. The molecule has 1 aliphatic carbocycles. The smallest absolute Gasteiger partial charge is 0.335 e. The molecule has 31 heavy (non-hydrogen) atoms. The number of aliphatic hydroxyl groups excluding tert-OH is 2. The van der Waals surface area contributed by atoms with Crippen molar-refractivity contribution in [3.63, 3.8) is 0 Å². The summed E-state index contributed by atoms with van der Waals surface area (Å²) in [6.07, 6.45) is 5.21. The summed E-state index contributed by atoms with van der Waals surface area (Å²) in [7, 11) is 0. The van der Waals surface area contributed by atoms with Gasteiger partial charge in [0.15, 0.2) is 12.2 Å². The zero-order valence-corrected chi connectivity index (χ0v) is 17.9. The molecule has 0 spiro atoms. The van der Waals surface area contributed by atoms with E-state index in [9.17, 15) is 9.59 Å². The van der Waals surface area contributed by atoms with Gasteiger partial charge in [-0.25, -0.2) is 9.59 Å². The largest absolute Gasteiger partial charge is 0.479 e. The lowest BCUT2D eigenvalue weighted by Gasteiger charge is -2.32. The van der Waals surface area contributed by atoms with Crippen LogP contribution in [0.2, 0.25) is 0 Å². The third-order valence-electron chi connectivity index (χ3n) is 6.15. The van der Waals surface area contributed by atoms with Crippen LogP contribution >= 0.6 is 0 Å². The highest BCUT2D eigenvalue weighted by molar-refractivity contribution is 5.83. The highest BCUT2D eigenvalue weighted by atomic mass is 16.5. The van der Waals surface area contributed by atoms with E-state index in [1.165, 1.54) is 57.1 Å². The molecule has 8 heteroatoms. The number of nitrogens with one attached hydrogen (secondary N) is 1. The molecule has 0 amide bonds. The highest BCUT2D eigenvalue weighted by Gasteiger charge is 2.30. The van der Waals surface area contributed by atoms with Crippen LogP contribution in [0.1, 0.15) is 50.5 Å². The van der Waals surface area contributed by atoms with E-state index < -0.39 is 24.1 Å². The van der Waals surface area contributed by atoms with E-state index in [2.05, 4.69) is 35.6 Å². The molecule has 8 nitrogen and oxygen atoms in total. The van der Waals surface area contributed by atoms with Gasteiger partial charge in [0.1, 0.15) is 0 Å². The molecule has 3 rings (SSSR count). The van der Waals surface area contributed by atoms with Gasteiger partial charge in [0.25, 0.3) is 0 Å². The Morgan fingerprint density at radius 2 is 1.58 bits per heavy atom. The van der Waals surface area contributed by atoms with Crippen molar-refractivity contribution in [2.45, 2.75) is 69.8 Å². The predicted octanol–water partition coefficient (Wildman–Crippen LogP) is 2.03. The summed E-state index contributed by atoms with van der Waals surface area (Å²) in [5.74, 6) is -1.68.